The molecule has 7 nitrogen and oxygen atoms in total. The minimum Gasteiger partial charge on any atom is -0.497 e. The van der Waals surface area contributed by atoms with Crippen molar-refractivity contribution in [2.24, 2.45) is 0 Å². The predicted octanol–water partition coefficient (Wildman–Crippen LogP) is 2.56. The Morgan fingerprint density at radius 2 is 1.93 bits per heavy atom. The summed E-state index contributed by atoms with van der Waals surface area (Å²) in [6.07, 6.45) is 0. The second kappa shape index (κ2) is 8.37. The summed E-state index contributed by atoms with van der Waals surface area (Å²) in [6.45, 7) is -0.205. The largest absolute Gasteiger partial charge is 0.497 e. The van der Waals surface area contributed by atoms with Gasteiger partial charge in [0, 0.05) is 11.6 Å². The lowest BCUT2D eigenvalue weighted by Crippen LogP contribution is -2.31. The van der Waals surface area contributed by atoms with E-state index < -0.39 is 6.04 Å². The lowest BCUT2D eigenvalue weighted by Gasteiger charge is -2.15. The number of H-pyrrole nitrogens is 1. The Balaban J connectivity index is 1.80. The number of carbonyl (C=O) groups is 1. The topological polar surface area (TPSA) is 96.5 Å². The van der Waals surface area contributed by atoms with Gasteiger partial charge in [0.05, 0.1) is 32.6 Å². The van der Waals surface area contributed by atoms with Crippen molar-refractivity contribution in [3.05, 3.63) is 65.9 Å². The molecule has 0 aliphatic carbocycles. The first-order chi connectivity index (χ1) is 13.2. The van der Waals surface area contributed by atoms with Gasteiger partial charge in [-0.25, -0.2) is 0 Å². The third-order valence-electron chi connectivity index (χ3n) is 4.20. The summed E-state index contributed by atoms with van der Waals surface area (Å²) in [5.41, 5.74) is 2.41. The van der Waals surface area contributed by atoms with E-state index in [9.17, 15) is 9.90 Å². The summed E-state index contributed by atoms with van der Waals surface area (Å²) < 4.78 is 10.6. The molecule has 3 N–H and O–H groups in total. The van der Waals surface area contributed by atoms with Gasteiger partial charge in [-0.1, -0.05) is 30.3 Å². The Morgan fingerprint density at radius 1 is 1.15 bits per heavy atom. The summed E-state index contributed by atoms with van der Waals surface area (Å²) in [6, 6.07) is 15.8. The first-order valence-electron chi connectivity index (χ1n) is 8.40. The summed E-state index contributed by atoms with van der Waals surface area (Å²) >= 11 is 0. The summed E-state index contributed by atoms with van der Waals surface area (Å²) in [5, 5.41) is 19.3. The Hall–Kier alpha value is -3.32. The molecular formula is C20H21N3O4. The van der Waals surface area contributed by atoms with Crippen molar-refractivity contribution in [2.45, 2.75) is 6.04 Å². The number of amides is 1. The van der Waals surface area contributed by atoms with E-state index in [0.29, 0.717) is 17.2 Å². The second-order valence-corrected chi connectivity index (χ2v) is 5.85. The molecule has 2 aromatic carbocycles. The summed E-state index contributed by atoms with van der Waals surface area (Å²) in [7, 11) is 3.14. The number of aromatic amines is 1. The van der Waals surface area contributed by atoms with E-state index in [4.69, 9.17) is 9.47 Å². The van der Waals surface area contributed by atoms with E-state index >= 15 is 0 Å². The zero-order chi connectivity index (χ0) is 19.2. The van der Waals surface area contributed by atoms with Gasteiger partial charge in [0.15, 0.2) is 0 Å². The first-order valence-corrected chi connectivity index (χ1v) is 8.40. The van der Waals surface area contributed by atoms with Gasteiger partial charge in [0.2, 0.25) is 0 Å². The number of aromatic nitrogens is 2. The van der Waals surface area contributed by atoms with Gasteiger partial charge in [0.1, 0.15) is 17.2 Å². The number of methoxy groups -OCH3 is 2. The molecule has 140 valence electrons. The summed E-state index contributed by atoms with van der Waals surface area (Å²) in [4.78, 5) is 12.5. The van der Waals surface area contributed by atoms with Crippen molar-refractivity contribution in [3.63, 3.8) is 0 Å². The molecule has 1 amide bonds. The Kier molecular flexibility index (Phi) is 5.73. The molecule has 0 radical (unpaired) electrons. The number of rotatable bonds is 7. The van der Waals surface area contributed by atoms with Gasteiger partial charge in [-0.15, -0.1) is 0 Å². The third-order valence-corrected chi connectivity index (χ3v) is 4.20. The molecule has 0 saturated heterocycles. The van der Waals surface area contributed by atoms with Crippen molar-refractivity contribution >= 4 is 5.91 Å². The molecule has 7 heteroatoms. The van der Waals surface area contributed by atoms with Gasteiger partial charge in [-0.3, -0.25) is 9.89 Å². The van der Waals surface area contributed by atoms with Crippen LogP contribution in [-0.4, -0.2) is 42.0 Å². The highest BCUT2D eigenvalue weighted by molar-refractivity contribution is 5.93. The fraction of sp³-hybridized carbons (Fsp3) is 0.200. The molecule has 1 heterocycles. The molecule has 1 unspecified atom stereocenters. The molecule has 0 saturated carbocycles. The monoisotopic (exact) mass is 367 g/mol. The van der Waals surface area contributed by atoms with Crippen LogP contribution in [0, 0.1) is 0 Å². The number of nitrogens with zero attached hydrogens (tertiary/aromatic N) is 1. The van der Waals surface area contributed by atoms with Crippen molar-refractivity contribution in [1.29, 1.82) is 0 Å². The van der Waals surface area contributed by atoms with Gasteiger partial charge < -0.3 is 19.9 Å². The Bertz CT molecular complexity index is 909. The number of hydrogen-bond donors (Lipinski definition) is 3. The van der Waals surface area contributed by atoms with Gasteiger partial charge >= 0.3 is 0 Å². The second-order valence-electron chi connectivity index (χ2n) is 5.85. The third kappa shape index (κ3) is 4.09. The van der Waals surface area contributed by atoms with Crippen LogP contribution in [-0.2, 0) is 0 Å². The van der Waals surface area contributed by atoms with Crippen molar-refractivity contribution in [2.75, 3.05) is 20.8 Å². The number of aliphatic hydroxyl groups is 1. The van der Waals surface area contributed by atoms with Gasteiger partial charge in [-0.2, -0.15) is 5.10 Å². The minimum absolute atomic E-state index is 0.205. The average molecular weight is 367 g/mol. The molecule has 27 heavy (non-hydrogen) atoms. The van der Waals surface area contributed by atoms with E-state index in [-0.39, 0.29) is 18.2 Å². The number of benzene rings is 2. The average Bonchev–Trinajstić information content (AvgIpc) is 3.22. The highest BCUT2D eigenvalue weighted by Crippen LogP contribution is 2.32. The lowest BCUT2D eigenvalue weighted by molar-refractivity contribution is 0.0911. The first kappa shape index (κ1) is 18.5. The normalized spacial score (nSPS) is 11.7. The van der Waals surface area contributed by atoms with E-state index in [1.165, 1.54) is 0 Å². The molecular weight excluding hydrogens is 346 g/mol. The van der Waals surface area contributed by atoms with Crippen LogP contribution in [0.2, 0.25) is 0 Å². The highest BCUT2D eigenvalue weighted by Gasteiger charge is 2.18. The van der Waals surface area contributed by atoms with Crippen LogP contribution in [0.1, 0.15) is 22.1 Å². The maximum atomic E-state index is 12.5. The Morgan fingerprint density at radius 3 is 2.59 bits per heavy atom. The standard InChI is InChI=1S/C20H21N3O4/c1-26-14-8-9-15(19(10-14)27-2)16-11-17(23-22-16)20(25)21-18(12-24)13-6-4-3-5-7-13/h3-11,18,24H,12H2,1-2H3,(H,21,25)(H,22,23). The van der Waals surface area contributed by atoms with Crippen LogP contribution < -0.4 is 14.8 Å². The number of carbonyl (C=O) groups excluding carboxylic acids is 1. The van der Waals surface area contributed by atoms with Crippen molar-refractivity contribution < 1.29 is 19.4 Å². The van der Waals surface area contributed by atoms with Crippen LogP contribution in [0.3, 0.4) is 0 Å². The molecule has 1 atom stereocenters. The number of hydrogen-bond acceptors (Lipinski definition) is 5. The maximum absolute atomic E-state index is 12.5. The highest BCUT2D eigenvalue weighted by atomic mass is 16.5. The number of nitrogens with one attached hydrogen (secondary N) is 2. The van der Waals surface area contributed by atoms with E-state index in [1.54, 1.807) is 32.4 Å². The van der Waals surface area contributed by atoms with Crippen molar-refractivity contribution in [1.82, 2.24) is 15.5 Å². The fourth-order valence-electron chi connectivity index (χ4n) is 2.74. The van der Waals surface area contributed by atoms with E-state index in [0.717, 1.165) is 11.1 Å². The lowest BCUT2D eigenvalue weighted by atomic mass is 10.1. The molecule has 0 fully saturated rings. The van der Waals surface area contributed by atoms with Crippen molar-refractivity contribution in [3.8, 4) is 22.8 Å². The maximum Gasteiger partial charge on any atom is 0.269 e. The van der Waals surface area contributed by atoms with E-state index in [1.807, 2.05) is 36.4 Å². The van der Waals surface area contributed by atoms with E-state index in [2.05, 4.69) is 15.5 Å². The number of ether oxygens (including phenoxy) is 2. The molecule has 0 aliphatic rings. The predicted molar refractivity (Wildman–Crippen MR) is 101 cm³/mol. The molecule has 3 rings (SSSR count). The molecule has 1 aromatic heterocycles. The fourth-order valence-corrected chi connectivity index (χ4v) is 2.74. The summed E-state index contributed by atoms with van der Waals surface area (Å²) in [5.74, 6) is 0.896. The Labute approximate surface area is 157 Å². The quantitative estimate of drug-likeness (QED) is 0.596. The minimum atomic E-state index is -0.499. The number of aliphatic hydroxyl groups excluding tert-OH is 1. The van der Waals surface area contributed by atoms with Crippen LogP contribution in [0.4, 0.5) is 0 Å². The molecule has 0 spiro atoms. The van der Waals surface area contributed by atoms with Crippen LogP contribution in [0.15, 0.2) is 54.6 Å². The molecule has 0 aliphatic heterocycles. The zero-order valence-corrected chi connectivity index (χ0v) is 15.1. The van der Waals surface area contributed by atoms with Crippen LogP contribution >= 0.6 is 0 Å². The van der Waals surface area contributed by atoms with Crippen LogP contribution in [0.25, 0.3) is 11.3 Å². The smallest absolute Gasteiger partial charge is 0.269 e. The zero-order valence-electron chi connectivity index (χ0n) is 15.1. The molecule has 3 aromatic rings. The van der Waals surface area contributed by atoms with Gasteiger partial charge in [-0.05, 0) is 23.8 Å². The molecule has 0 bridgehead atoms. The SMILES string of the molecule is COc1ccc(-c2cc(C(=O)NC(CO)c3ccccc3)[nH]n2)c(OC)c1. The van der Waals surface area contributed by atoms with Gasteiger partial charge in [0.25, 0.3) is 5.91 Å². The van der Waals surface area contributed by atoms with Crippen LogP contribution in [0.5, 0.6) is 11.5 Å².